The van der Waals surface area contributed by atoms with Gasteiger partial charge in [0.05, 0.1) is 13.2 Å². The third-order valence-electron chi connectivity index (χ3n) is 6.63. The fraction of sp³-hybridized carbons (Fsp3) is 0.786. The van der Waals surface area contributed by atoms with Crippen molar-refractivity contribution in [2.24, 2.45) is 23.7 Å². The molecule has 2 nitrogen and oxygen atoms in total. The van der Waals surface area contributed by atoms with E-state index in [1.807, 2.05) is 25.1 Å². The smallest absolute Gasteiger partial charge is 0.119 e. The molecule has 1 rings (SSSR count). The number of benzene rings is 1. The van der Waals surface area contributed by atoms with Crippen molar-refractivity contribution in [2.75, 3.05) is 6.61 Å². The van der Waals surface area contributed by atoms with E-state index in [1.165, 1.54) is 57.8 Å². The molecule has 1 N–H and O–H groups in total. The molecule has 30 heavy (non-hydrogen) atoms. The lowest BCUT2D eigenvalue weighted by atomic mass is 9.91. The molecule has 0 aliphatic heterocycles. The zero-order valence-electron chi connectivity index (χ0n) is 20.9. The van der Waals surface area contributed by atoms with Gasteiger partial charge in [0, 0.05) is 0 Å². The first-order chi connectivity index (χ1) is 14.3. The highest BCUT2D eigenvalue weighted by molar-refractivity contribution is 5.34. The lowest BCUT2D eigenvalue weighted by Crippen LogP contribution is -2.06. The van der Waals surface area contributed by atoms with Gasteiger partial charge in [0.2, 0.25) is 0 Å². The monoisotopic (exact) mass is 418 g/mol. The third-order valence-corrected chi connectivity index (χ3v) is 6.63. The van der Waals surface area contributed by atoms with Crippen molar-refractivity contribution in [3.8, 4) is 5.75 Å². The van der Waals surface area contributed by atoms with Gasteiger partial charge in [-0.1, -0.05) is 98.5 Å². The Morgan fingerprint density at radius 2 is 1.23 bits per heavy atom. The van der Waals surface area contributed by atoms with Gasteiger partial charge >= 0.3 is 0 Å². The summed E-state index contributed by atoms with van der Waals surface area (Å²) in [5.74, 6) is 4.26. The second-order valence-electron chi connectivity index (χ2n) is 10.4. The molecule has 0 saturated heterocycles. The molecule has 0 bridgehead atoms. The van der Waals surface area contributed by atoms with E-state index in [0.717, 1.165) is 53.6 Å². The molecule has 0 aromatic heterocycles. The molecule has 1 aromatic carbocycles. The van der Waals surface area contributed by atoms with E-state index in [1.54, 1.807) is 0 Å². The molecule has 0 spiro atoms. The highest BCUT2D eigenvalue weighted by Crippen LogP contribution is 2.23. The molecule has 0 heterocycles. The average Bonchev–Trinajstić information content (AvgIpc) is 2.68. The molecule has 0 amide bonds. The summed E-state index contributed by atoms with van der Waals surface area (Å²) in [6.07, 6.45) is 13.6. The third kappa shape index (κ3) is 12.6. The van der Waals surface area contributed by atoms with Crippen LogP contribution in [-0.4, -0.2) is 11.7 Å². The maximum Gasteiger partial charge on any atom is 0.119 e. The molecule has 0 saturated carbocycles. The highest BCUT2D eigenvalue weighted by atomic mass is 16.5. The van der Waals surface area contributed by atoms with Gasteiger partial charge in [0.1, 0.15) is 5.75 Å². The fourth-order valence-electron chi connectivity index (χ4n) is 4.25. The lowest BCUT2D eigenvalue weighted by Gasteiger charge is -2.16. The van der Waals surface area contributed by atoms with E-state index >= 15 is 0 Å². The maximum absolute atomic E-state index is 9.26. The number of rotatable bonds is 17. The largest absolute Gasteiger partial charge is 0.494 e. The molecule has 3 unspecified atom stereocenters. The zero-order valence-corrected chi connectivity index (χ0v) is 20.9. The van der Waals surface area contributed by atoms with Crippen LogP contribution in [0.2, 0.25) is 0 Å². The first-order valence-corrected chi connectivity index (χ1v) is 12.6. The van der Waals surface area contributed by atoms with Gasteiger partial charge in [0.25, 0.3) is 0 Å². The van der Waals surface area contributed by atoms with Gasteiger partial charge in [-0.15, -0.1) is 0 Å². The Morgan fingerprint density at radius 1 is 0.733 bits per heavy atom. The van der Waals surface area contributed by atoms with Gasteiger partial charge < -0.3 is 9.84 Å². The summed E-state index contributed by atoms with van der Waals surface area (Å²) in [5, 5.41) is 9.26. The minimum Gasteiger partial charge on any atom is -0.494 e. The molecule has 0 radical (unpaired) electrons. The van der Waals surface area contributed by atoms with Gasteiger partial charge in [-0.3, -0.25) is 0 Å². The second kappa shape index (κ2) is 15.7. The van der Waals surface area contributed by atoms with E-state index in [9.17, 15) is 5.11 Å². The zero-order chi connectivity index (χ0) is 22.4. The van der Waals surface area contributed by atoms with Gasteiger partial charge in [-0.05, 0) is 60.3 Å². The van der Waals surface area contributed by atoms with Crippen LogP contribution in [0.3, 0.4) is 0 Å². The summed E-state index contributed by atoms with van der Waals surface area (Å²) in [6.45, 7) is 14.8. The molecule has 0 aliphatic carbocycles. The number of hydrogen-bond donors (Lipinski definition) is 1. The topological polar surface area (TPSA) is 29.5 Å². The summed E-state index contributed by atoms with van der Waals surface area (Å²) in [5.41, 5.74) is 2.08. The number of aliphatic hydroxyl groups is 1. The Morgan fingerprint density at radius 3 is 1.70 bits per heavy atom. The minimum atomic E-state index is 0.0961. The van der Waals surface area contributed by atoms with E-state index in [4.69, 9.17) is 4.74 Å². The summed E-state index contributed by atoms with van der Waals surface area (Å²) in [4.78, 5) is 0. The van der Waals surface area contributed by atoms with Gasteiger partial charge in [0.15, 0.2) is 0 Å². The standard InChI is InChI=1S/C28H50O2/c1-22(2)10-7-11-23(3)12-8-13-24(4)14-9-15-25(5)18-19-30-28-17-16-27(21-29)26(6)20-28/h16-17,20,22-25,29H,7-15,18-19,21H2,1-6H3. The van der Waals surface area contributed by atoms with Crippen LogP contribution in [0.1, 0.15) is 110 Å². The van der Waals surface area contributed by atoms with Crippen molar-refractivity contribution in [1.82, 2.24) is 0 Å². The molecule has 0 aliphatic rings. The van der Waals surface area contributed by atoms with Gasteiger partial charge in [-0.25, -0.2) is 0 Å². The summed E-state index contributed by atoms with van der Waals surface area (Å²) in [6, 6.07) is 5.96. The molecule has 1 aromatic rings. The Kier molecular flexibility index (Phi) is 14.2. The Bertz CT molecular complexity index is 552. The van der Waals surface area contributed by atoms with Crippen LogP contribution in [0.5, 0.6) is 5.75 Å². The van der Waals surface area contributed by atoms with Crippen molar-refractivity contribution < 1.29 is 9.84 Å². The van der Waals surface area contributed by atoms with E-state index in [-0.39, 0.29) is 6.61 Å². The normalized spacial score (nSPS) is 14.7. The Hall–Kier alpha value is -1.02. The highest BCUT2D eigenvalue weighted by Gasteiger charge is 2.09. The van der Waals surface area contributed by atoms with E-state index in [2.05, 4.69) is 34.6 Å². The molecular weight excluding hydrogens is 368 g/mol. The summed E-state index contributed by atoms with van der Waals surface area (Å²) >= 11 is 0. The predicted octanol–water partition coefficient (Wildman–Crippen LogP) is 8.33. The lowest BCUT2D eigenvalue weighted by molar-refractivity contribution is 0.272. The van der Waals surface area contributed by atoms with Crippen LogP contribution < -0.4 is 4.74 Å². The minimum absolute atomic E-state index is 0.0961. The second-order valence-corrected chi connectivity index (χ2v) is 10.4. The average molecular weight is 419 g/mol. The number of aryl methyl sites for hydroxylation is 1. The molecule has 174 valence electrons. The van der Waals surface area contributed by atoms with Crippen LogP contribution >= 0.6 is 0 Å². The molecule has 3 atom stereocenters. The van der Waals surface area contributed by atoms with Crippen molar-refractivity contribution in [3.05, 3.63) is 29.3 Å². The SMILES string of the molecule is Cc1cc(OCCC(C)CCCC(C)CCCC(C)CCCC(C)C)ccc1CO. The number of ether oxygens (including phenoxy) is 1. The predicted molar refractivity (Wildman–Crippen MR) is 131 cm³/mol. The van der Waals surface area contributed by atoms with Crippen LogP contribution in [0, 0.1) is 30.6 Å². The van der Waals surface area contributed by atoms with Crippen LogP contribution in [0.4, 0.5) is 0 Å². The van der Waals surface area contributed by atoms with Crippen LogP contribution in [0.25, 0.3) is 0 Å². The van der Waals surface area contributed by atoms with Crippen molar-refractivity contribution in [2.45, 2.75) is 112 Å². The number of hydrogen-bond acceptors (Lipinski definition) is 2. The molecular formula is C28H50O2. The van der Waals surface area contributed by atoms with Crippen molar-refractivity contribution in [1.29, 1.82) is 0 Å². The van der Waals surface area contributed by atoms with Gasteiger partial charge in [-0.2, -0.15) is 0 Å². The van der Waals surface area contributed by atoms with Crippen LogP contribution in [0.15, 0.2) is 18.2 Å². The quantitative estimate of drug-likeness (QED) is 0.275. The molecule has 2 heteroatoms. The summed E-state index contributed by atoms with van der Waals surface area (Å²) < 4.78 is 5.92. The Labute approximate surface area is 187 Å². The molecule has 0 fully saturated rings. The van der Waals surface area contributed by atoms with Crippen LogP contribution in [-0.2, 0) is 6.61 Å². The van der Waals surface area contributed by atoms with E-state index in [0.29, 0.717) is 0 Å². The maximum atomic E-state index is 9.26. The first kappa shape index (κ1) is 27.0. The van der Waals surface area contributed by atoms with Crippen molar-refractivity contribution >= 4 is 0 Å². The summed E-state index contributed by atoms with van der Waals surface area (Å²) in [7, 11) is 0. The first-order valence-electron chi connectivity index (χ1n) is 12.6. The number of aliphatic hydroxyl groups excluding tert-OH is 1. The van der Waals surface area contributed by atoms with E-state index < -0.39 is 0 Å². The fourth-order valence-corrected chi connectivity index (χ4v) is 4.25. The Balaban J connectivity index is 2.06. The van der Waals surface area contributed by atoms with Crippen molar-refractivity contribution in [3.63, 3.8) is 0 Å².